The lowest BCUT2D eigenvalue weighted by molar-refractivity contribution is 0.170. The number of likely N-dealkylation sites (N-methyl/N-ethyl adjacent to an activating group) is 1. The Morgan fingerprint density at radius 3 is 2.44 bits per heavy atom. The van der Waals surface area contributed by atoms with Crippen molar-refractivity contribution in [3.63, 3.8) is 0 Å². The van der Waals surface area contributed by atoms with Gasteiger partial charge in [0.15, 0.2) is 0 Å². The fraction of sp³-hybridized carbons (Fsp3) is 0.538. The lowest BCUT2D eigenvalue weighted by Crippen LogP contribution is -2.28. The lowest BCUT2D eigenvalue weighted by atomic mass is 10.2. The van der Waals surface area contributed by atoms with Crippen LogP contribution in [0.1, 0.15) is 19.8 Å². The van der Waals surface area contributed by atoms with E-state index in [1.807, 2.05) is 31.3 Å². The third kappa shape index (κ3) is 3.74. The van der Waals surface area contributed by atoms with E-state index in [0.717, 1.165) is 24.3 Å². The molecular weight excluding hydrogens is 202 g/mol. The summed E-state index contributed by atoms with van der Waals surface area (Å²) in [5, 5.41) is 9.72. The Morgan fingerprint density at radius 1 is 1.31 bits per heavy atom. The van der Waals surface area contributed by atoms with E-state index in [1.54, 1.807) is 7.11 Å². The third-order valence-electron chi connectivity index (χ3n) is 2.62. The summed E-state index contributed by atoms with van der Waals surface area (Å²) < 4.78 is 5.10. The molecule has 1 unspecified atom stereocenters. The predicted octanol–water partition coefficient (Wildman–Crippen LogP) is 2.29. The smallest absolute Gasteiger partial charge is 0.119 e. The van der Waals surface area contributed by atoms with Gasteiger partial charge in [0.25, 0.3) is 0 Å². The zero-order valence-corrected chi connectivity index (χ0v) is 10.3. The standard InChI is InChI=1S/C13H21NO2/c1-4-5-12(15)10-14(2)11-6-8-13(16-3)9-7-11/h6-9,12,15H,4-5,10H2,1-3H3. The van der Waals surface area contributed by atoms with Crippen LogP contribution in [0.15, 0.2) is 24.3 Å². The van der Waals surface area contributed by atoms with Crippen LogP contribution < -0.4 is 9.64 Å². The Bertz CT molecular complexity index is 297. The molecule has 90 valence electrons. The largest absolute Gasteiger partial charge is 0.497 e. The summed E-state index contributed by atoms with van der Waals surface area (Å²) in [6, 6.07) is 7.85. The van der Waals surface area contributed by atoms with Crippen molar-refractivity contribution >= 4 is 5.69 Å². The second kappa shape index (κ2) is 6.38. The lowest BCUT2D eigenvalue weighted by Gasteiger charge is -2.22. The first kappa shape index (κ1) is 12.8. The van der Waals surface area contributed by atoms with E-state index in [0.29, 0.717) is 6.54 Å². The number of rotatable bonds is 6. The maximum Gasteiger partial charge on any atom is 0.119 e. The van der Waals surface area contributed by atoms with Crippen LogP contribution in [0.5, 0.6) is 5.75 Å². The molecule has 0 bridgehead atoms. The van der Waals surface area contributed by atoms with E-state index in [2.05, 4.69) is 11.8 Å². The van der Waals surface area contributed by atoms with Gasteiger partial charge in [-0.3, -0.25) is 0 Å². The summed E-state index contributed by atoms with van der Waals surface area (Å²) in [4.78, 5) is 2.06. The highest BCUT2D eigenvalue weighted by Crippen LogP contribution is 2.18. The molecule has 0 amide bonds. The minimum Gasteiger partial charge on any atom is -0.497 e. The first-order valence-corrected chi connectivity index (χ1v) is 5.70. The van der Waals surface area contributed by atoms with Crippen LogP contribution in [0, 0.1) is 0 Å². The summed E-state index contributed by atoms with van der Waals surface area (Å²) >= 11 is 0. The molecule has 0 heterocycles. The quantitative estimate of drug-likeness (QED) is 0.803. The summed E-state index contributed by atoms with van der Waals surface area (Å²) in [6.45, 7) is 2.75. The van der Waals surface area contributed by atoms with E-state index >= 15 is 0 Å². The zero-order valence-electron chi connectivity index (χ0n) is 10.3. The molecule has 3 heteroatoms. The van der Waals surface area contributed by atoms with Crippen LogP contribution >= 0.6 is 0 Å². The summed E-state index contributed by atoms with van der Waals surface area (Å²) in [5.74, 6) is 0.853. The Morgan fingerprint density at radius 2 is 1.94 bits per heavy atom. The Labute approximate surface area is 97.7 Å². The topological polar surface area (TPSA) is 32.7 Å². The third-order valence-corrected chi connectivity index (χ3v) is 2.62. The van der Waals surface area contributed by atoms with Gasteiger partial charge in [-0.25, -0.2) is 0 Å². The van der Waals surface area contributed by atoms with Gasteiger partial charge in [-0.2, -0.15) is 0 Å². The molecule has 0 spiro atoms. The van der Waals surface area contributed by atoms with Crippen LogP contribution in [-0.4, -0.2) is 31.9 Å². The van der Waals surface area contributed by atoms with Gasteiger partial charge >= 0.3 is 0 Å². The van der Waals surface area contributed by atoms with Crippen molar-refractivity contribution in [2.45, 2.75) is 25.9 Å². The average Bonchev–Trinajstić information content (AvgIpc) is 2.29. The fourth-order valence-corrected chi connectivity index (χ4v) is 1.68. The molecule has 3 nitrogen and oxygen atoms in total. The van der Waals surface area contributed by atoms with Crippen LogP contribution in [0.2, 0.25) is 0 Å². The van der Waals surface area contributed by atoms with Gasteiger partial charge in [0, 0.05) is 19.3 Å². The monoisotopic (exact) mass is 223 g/mol. The molecule has 0 aliphatic rings. The molecule has 1 aromatic rings. The van der Waals surface area contributed by atoms with Crippen molar-refractivity contribution in [3.8, 4) is 5.75 Å². The highest BCUT2D eigenvalue weighted by molar-refractivity contribution is 5.48. The first-order chi connectivity index (χ1) is 7.67. The summed E-state index contributed by atoms with van der Waals surface area (Å²) in [5.41, 5.74) is 1.09. The molecule has 0 saturated heterocycles. The van der Waals surface area contributed by atoms with Crippen molar-refractivity contribution in [1.29, 1.82) is 0 Å². The van der Waals surface area contributed by atoms with E-state index in [-0.39, 0.29) is 6.10 Å². The number of benzene rings is 1. The number of hydrogen-bond acceptors (Lipinski definition) is 3. The molecule has 0 radical (unpaired) electrons. The van der Waals surface area contributed by atoms with E-state index in [9.17, 15) is 5.11 Å². The van der Waals surface area contributed by atoms with Crippen LogP contribution in [-0.2, 0) is 0 Å². The SMILES string of the molecule is CCCC(O)CN(C)c1ccc(OC)cc1. The molecule has 1 N–H and O–H groups in total. The Hall–Kier alpha value is -1.22. The van der Waals surface area contributed by atoms with Gasteiger partial charge in [0.2, 0.25) is 0 Å². The molecule has 16 heavy (non-hydrogen) atoms. The van der Waals surface area contributed by atoms with Gasteiger partial charge in [-0.05, 0) is 30.7 Å². The molecule has 1 aromatic carbocycles. The summed E-state index contributed by atoms with van der Waals surface area (Å²) in [6.07, 6.45) is 1.61. The second-order valence-electron chi connectivity index (χ2n) is 4.02. The minimum atomic E-state index is -0.253. The summed E-state index contributed by atoms with van der Waals surface area (Å²) in [7, 11) is 3.64. The Balaban J connectivity index is 2.55. The predicted molar refractivity (Wildman–Crippen MR) is 67.2 cm³/mol. The highest BCUT2D eigenvalue weighted by atomic mass is 16.5. The van der Waals surface area contributed by atoms with Crippen molar-refractivity contribution in [2.75, 3.05) is 25.6 Å². The molecule has 0 saturated carbocycles. The number of ether oxygens (including phenoxy) is 1. The van der Waals surface area contributed by atoms with E-state index < -0.39 is 0 Å². The molecule has 0 aliphatic carbocycles. The van der Waals surface area contributed by atoms with Crippen molar-refractivity contribution < 1.29 is 9.84 Å². The number of aliphatic hydroxyl groups is 1. The number of methoxy groups -OCH3 is 1. The van der Waals surface area contributed by atoms with Gasteiger partial charge in [0.1, 0.15) is 5.75 Å². The van der Waals surface area contributed by atoms with E-state index in [1.165, 1.54) is 0 Å². The van der Waals surface area contributed by atoms with E-state index in [4.69, 9.17) is 4.74 Å². The van der Waals surface area contributed by atoms with Gasteiger partial charge in [-0.15, -0.1) is 0 Å². The number of nitrogens with zero attached hydrogens (tertiary/aromatic N) is 1. The van der Waals surface area contributed by atoms with Gasteiger partial charge < -0.3 is 14.7 Å². The van der Waals surface area contributed by atoms with Crippen molar-refractivity contribution in [1.82, 2.24) is 0 Å². The zero-order chi connectivity index (χ0) is 12.0. The highest BCUT2D eigenvalue weighted by Gasteiger charge is 2.07. The van der Waals surface area contributed by atoms with Crippen molar-refractivity contribution in [3.05, 3.63) is 24.3 Å². The molecule has 1 rings (SSSR count). The number of anilines is 1. The minimum absolute atomic E-state index is 0.253. The normalized spacial score (nSPS) is 12.2. The number of hydrogen-bond donors (Lipinski definition) is 1. The van der Waals surface area contributed by atoms with Crippen LogP contribution in [0.3, 0.4) is 0 Å². The van der Waals surface area contributed by atoms with Crippen molar-refractivity contribution in [2.24, 2.45) is 0 Å². The van der Waals surface area contributed by atoms with Crippen LogP contribution in [0.25, 0.3) is 0 Å². The van der Waals surface area contributed by atoms with Gasteiger partial charge in [-0.1, -0.05) is 13.3 Å². The maximum absolute atomic E-state index is 9.72. The molecule has 1 atom stereocenters. The maximum atomic E-state index is 9.72. The molecule has 0 aliphatic heterocycles. The van der Waals surface area contributed by atoms with Crippen LogP contribution in [0.4, 0.5) is 5.69 Å². The number of aliphatic hydroxyl groups excluding tert-OH is 1. The Kier molecular flexibility index (Phi) is 5.12. The molecule has 0 aromatic heterocycles. The molecular formula is C13H21NO2. The average molecular weight is 223 g/mol. The molecule has 0 fully saturated rings. The first-order valence-electron chi connectivity index (χ1n) is 5.70. The second-order valence-corrected chi connectivity index (χ2v) is 4.02. The fourth-order valence-electron chi connectivity index (χ4n) is 1.68. The van der Waals surface area contributed by atoms with Gasteiger partial charge in [0.05, 0.1) is 13.2 Å².